The van der Waals surface area contributed by atoms with E-state index in [1.165, 1.54) is 0 Å². The molecule has 0 bridgehead atoms. The van der Waals surface area contributed by atoms with Gasteiger partial charge >= 0.3 is 0 Å². The van der Waals surface area contributed by atoms with E-state index >= 15 is 0 Å². The first kappa shape index (κ1) is 22.0. The van der Waals surface area contributed by atoms with E-state index in [2.05, 4.69) is 23.1 Å². The first-order valence-electron chi connectivity index (χ1n) is 10.9. The zero-order valence-corrected chi connectivity index (χ0v) is 18.6. The van der Waals surface area contributed by atoms with Crippen LogP contribution in [0.2, 0.25) is 0 Å². The molecule has 1 N–H and O–H groups in total. The van der Waals surface area contributed by atoms with Crippen LogP contribution in [0.3, 0.4) is 0 Å². The minimum Gasteiger partial charge on any atom is -0.395 e. The average Bonchev–Trinajstić information content (AvgIpc) is 2.78. The maximum absolute atomic E-state index is 12.6. The lowest BCUT2D eigenvalue weighted by Crippen LogP contribution is -2.67. The number of nitrogens with zero attached hydrogens (tertiary/aromatic N) is 3. The van der Waals surface area contributed by atoms with Crippen LogP contribution in [-0.4, -0.2) is 66.8 Å². The number of aliphatic hydroxyl groups is 1. The van der Waals surface area contributed by atoms with Crippen molar-refractivity contribution in [3.8, 4) is 17.2 Å². The number of rotatable bonds is 5. The highest BCUT2D eigenvalue weighted by Crippen LogP contribution is 2.42. The molecule has 0 aromatic heterocycles. The predicted octanol–water partition coefficient (Wildman–Crippen LogP) is 2.80. The molecule has 164 valence electrons. The maximum atomic E-state index is 12.6. The molecular weight excluding hydrogens is 410 g/mol. The summed E-state index contributed by atoms with van der Waals surface area (Å²) in [4.78, 5) is 2.28. The van der Waals surface area contributed by atoms with Gasteiger partial charge < -0.3 is 5.11 Å². The molecule has 2 saturated heterocycles. The zero-order valence-electron chi connectivity index (χ0n) is 17.8. The topological polar surface area (TPSA) is 84.6 Å². The van der Waals surface area contributed by atoms with Gasteiger partial charge in [0.1, 0.15) is 0 Å². The molecule has 2 fully saturated rings. The Kier molecular flexibility index (Phi) is 6.44. The second-order valence-corrected chi connectivity index (χ2v) is 10.6. The average molecular weight is 440 g/mol. The van der Waals surface area contributed by atoms with E-state index in [0.717, 1.165) is 36.1 Å². The normalized spacial score (nSPS) is 25.0. The van der Waals surface area contributed by atoms with E-state index < -0.39 is 10.0 Å². The van der Waals surface area contributed by atoms with Crippen LogP contribution < -0.4 is 0 Å². The van der Waals surface area contributed by atoms with E-state index in [0.29, 0.717) is 18.7 Å². The van der Waals surface area contributed by atoms with Gasteiger partial charge in [-0.1, -0.05) is 36.4 Å². The van der Waals surface area contributed by atoms with Crippen molar-refractivity contribution >= 4 is 10.0 Å². The van der Waals surface area contributed by atoms with E-state index in [1.54, 1.807) is 17.3 Å². The summed E-state index contributed by atoms with van der Waals surface area (Å²) in [6.45, 7) is 3.70. The summed E-state index contributed by atoms with van der Waals surface area (Å²) < 4.78 is 26.8. The van der Waals surface area contributed by atoms with Gasteiger partial charge in [-0.2, -0.15) is 5.26 Å². The molecule has 2 heterocycles. The minimum absolute atomic E-state index is 0.0158. The molecule has 2 aliphatic rings. The lowest BCUT2D eigenvalue weighted by atomic mass is 9.74. The third-order valence-electron chi connectivity index (χ3n) is 6.71. The Morgan fingerprint density at radius 3 is 2.52 bits per heavy atom. The Bertz CT molecular complexity index is 1060. The Hall–Kier alpha value is -2.24. The molecule has 7 heteroatoms. The summed E-state index contributed by atoms with van der Waals surface area (Å²) in [5.41, 5.74) is 3.77. The molecule has 3 atom stereocenters. The number of aliphatic hydroxyl groups excluding tert-OH is 1. The van der Waals surface area contributed by atoms with Crippen LogP contribution >= 0.6 is 0 Å². The Balaban J connectivity index is 1.60. The molecule has 2 aromatic rings. The van der Waals surface area contributed by atoms with Crippen LogP contribution in [0.15, 0.2) is 48.5 Å². The molecule has 0 aliphatic carbocycles. The first-order chi connectivity index (χ1) is 15.0. The van der Waals surface area contributed by atoms with Gasteiger partial charge in [0.25, 0.3) is 0 Å². The molecule has 4 rings (SSSR count). The van der Waals surface area contributed by atoms with Crippen molar-refractivity contribution in [1.82, 2.24) is 9.21 Å². The van der Waals surface area contributed by atoms with Crippen molar-refractivity contribution in [2.75, 3.05) is 32.0 Å². The van der Waals surface area contributed by atoms with Crippen molar-refractivity contribution < 1.29 is 13.5 Å². The fourth-order valence-corrected chi connectivity index (χ4v) is 6.16. The summed E-state index contributed by atoms with van der Waals surface area (Å²) in [6, 6.07) is 18.0. The van der Waals surface area contributed by atoms with Crippen LogP contribution in [0.4, 0.5) is 0 Å². The number of hydrogen-bond donors (Lipinski definition) is 1. The lowest BCUT2D eigenvalue weighted by molar-refractivity contribution is -0.0553. The molecule has 2 aromatic carbocycles. The van der Waals surface area contributed by atoms with Gasteiger partial charge in [0.15, 0.2) is 0 Å². The largest absolute Gasteiger partial charge is 0.395 e. The van der Waals surface area contributed by atoms with Crippen molar-refractivity contribution in [2.45, 2.75) is 37.8 Å². The molecular formula is C24H29N3O3S. The number of fused-ring (bicyclic) bond motifs is 1. The maximum Gasteiger partial charge on any atom is 0.213 e. The number of benzene rings is 2. The summed E-state index contributed by atoms with van der Waals surface area (Å²) in [7, 11) is -3.24. The first-order valence-corrected chi connectivity index (χ1v) is 12.5. The molecule has 0 saturated carbocycles. The molecule has 0 unspecified atom stereocenters. The van der Waals surface area contributed by atoms with E-state index in [1.807, 2.05) is 30.3 Å². The smallest absolute Gasteiger partial charge is 0.213 e. The monoisotopic (exact) mass is 439 g/mol. The van der Waals surface area contributed by atoms with Gasteiger partial charge in [0, 0.05) is 31.1 Å². The fraction of sp³-hybridized carbons (Fsp3) is 0.458. The van der Waals surface area contributed by atoms with Gasteiger partial charge in [0.2, 0.25) is 10.0 Å². The standard InChI is InChI=1S/C24H29N3O3S/c1-2-31(29,30)26-12-3-4-13-27-22(16-26)24(23(27)17-28)20-10-8-19(9-11-20)21-7-5-6-18(14-21)15-25/h5-11,14,22-24,28H,2-4,12-13,16-17H2,1H3/t22-,23+,24-/m0/s1. The van der Waals surface area contributed by atoms with Crippen molar-refractivity contribution in [1.29, 1.82) is 5.26 Å². The molecule has 6 nitrogen and oxygen atoms in total. The third kappa shape index (κ3) is 4.26. The highest BCUT2D eigenvalue weighted by atomic mass is 32.2. The van der Waals surface area contributed by atoms with Crippen LogP contribution in [0.1, 0.15) is 36.8 Å². The van der Waals surface area contributed by atoms with Gasteiger partial charge in [0.05, 0.1) is 24.0 Å². The number of sulfonamides is 1. The van der Waals surface area contributed by atoms with Gasteiger partial charge in [-0.3, -0.25) is 4.90 Å². The second-order valence-electron chi connectivity index (χ2n) is 8.36. The summed E-state index contributed by atoms with van der Waals surface area (Å²) >= 11 is 0. The van der Waals surface area contributed by atoms with E-state index in [-0.39, 0.29) is 30.4 Å². The Morgan fingerprint density at radius 1 is 1.10 bits per heavy atom. The zero-order chi connectivity index (χ0) is 22.0. The van der Waals surface area contributed by atoms with Crippen LogP contribution in [0.5, 0.6) is 0 Å². The van der Waals surface area contributed by atoms with Crippen LogP contribution in [0.25, 0.3) is 11.1 Å². The Morgan fingerprint density at radius 2 is 1.84 bits per heavy atom. The van der Waals surface area contributed by atoms with Crippen LogP contribution in [0, 0.1) is 11.3 Å². The number of hydrogen-bond acceptors (Lipinski definition) is 5. The van der Waals surface area contributed by atoms with Crippen molar-refractivity contribution in [2.24, 2.45) is 0 Å². The lowest BCUT2D eigenvalue weighted by Gasteiger charge is -2.57. The van der Waals surface area contributed by atoms with E-state index in [9.17, 15) is 13.5 Å². The SMILES string of the molecule is CCS(=O)(=O)N1CCCCN2[C@H](CO)[C@@H](c3ccc(-c4cccc(C#N)c4)cc3)[C@@H]2C1. The van der Waals surface area contributed by atoms with E-state index in [4.69, 9.17) is 5.26 Å². The molecule has 2 aliphatic heterocycles. The summed E-state index contributed by atoms with van der Waals surface area (Å²) in [6.07, 6.45) is 1.78. The summed E-state index contributed by atoms with van der Waals surface area (Å²) in [5, 5.41) is 19.2. The molecule has 0 amide bonds. The van der Waals surface area contributed by atoms with Crippen molar-refractivity contribution in [3.05, 3.63) is 59.7 Å². The quantitative estimate of drug-likeness (QED) is 0.774. The Labute approximate surface area is 184 Å². The van der Waals surface area contributed by atoms with Crippen molar-refractivity contribution in [3.63, 3.8) is 0 Å². The molecule has 31 heavy (non-hydrogen) atoms. The highest BCUT2D eigenvalue weighted by molar-refractivity contribution is 7.89. The number of nitriles is 1. The molecule has 0 spiro atoms. The second kappa shape index (κ2) is 9.09. The van der Waals surface area contributed by atoms with Crippen LogP contribution in [-0.2, 0) is 10.0 Å². The predicted molar refractivity (Wildman–Crippen MR) is 121 cm³/mol. The minimum atomic E-state index is -3.24. The summed E-state index contributed by atoms with van der Waals surface area (Å²) in [5.74, 6) is 0.210. The van der Waals surface area contributed by atoms with Gasteiger partial charge in [-0.05, 0) is 55.1 Å². The van der Waals surface area contributed by atoms with Gasteiger partial charge in [-0.15, -0.1) is 0 Å². The highest BCUT2D eigenvalue weighted by Gasteiger charge is 2.49. The molecule has 0 radical (unpaired) electrons. The fourth-order valence-electron chi connectivity index (χ4n) is 5.01. The third-order valence-corrected chi connectivity index (χ3v) is 8.56. The van der Waals surface area contributed by atoms with Gasteiger partial charge in [-0.25, -0.2) is 12.7 Å².